The fourth-order valence-corrected chi connectivity index (χ4v) is 1.33. The third-order valence-corrected chi connectivity index (χ3v) is 3.10. The Morgan fingerprint density at radius 1 is 1.44 bits per heavy atom. The molecule has 1 nitrogen and oxygen atoms in total. The minimum absolute atomic E-state index is 0.780. The maximum absolute atomic E-state index is 2.49. The van der Waals surface area contributed by atoms with Crippen molar-refractivity contribution in [2.75, 3.05) is 13.6 Å². The molecule has 0 spiro atoms. The van der Waals surface area contributed by atoms with E-state index in [-0.39, 0.29) is 0 Å². The predicted molar refractivity (Wildman–Crippen MR) is 50.4 cm³/mol. The summed E-state index contributed by atoms with van der Waals surface area (Å²) in [6.45, 7) is 8.03. The van der Waals surface area contributed by atoms with E-state index in [1.807, 2.05) is 0 Å². The molecule has 0 rings (SSSR count). The molecule has 0 amide bonds. The van der Waals surface area contributed by atoms with Gasteiger partial charge in [-0.2, -0.15) is 0 Å². The number of halogens is 1. The average Bonchev–Trinajstić information content (AvgIpc) is 1.84. The van der Waals surface area contributed by atoms with Crippen LogP contribution in [0.2, 0.25) is 0 Å². The molecular formula is C7H17IN+. The number of rotatable bonds is 3. The summed E-state index contributed by atoms with van der Waals surface area (Å²) in [6, 6.07) is 0.788. The van der Waals surface area contributed by atoms with E-state index in [1.54, 1.807) is 4.90 Å². The summed E-state index contributed by atoms with van der Waals surface area (Å²) < 4.78 is 0.780. The number of quaternary nitrogens is 1. The van der Waals surface area contributed by atoms with Crippen LogP contribution in [-0.2, 0) is 0 Å². The largest absolute Gasteiger partial charge is 0.335 e. The van der Waals surface area contributed by atoms with Gasteiger partial charge in [-0.25, -0.2) is 0 Å². The first-order chi connectivity index (χ1) is 4.09. The first-order valence-electron chi connectivity index (χ1n) is 3.56. The van der Waals surface area contributed by atoms with Crippen LogP contribution >= 0.6 is 22.6 Å². The molecule has 0 aliphatic rings. The Bertz CT molecular complexity index is 73.3. The van der Waals surface area contributed by atoms with Crippen LogP contribution in [-0.4, -0.2) is 23.6 Å². The number of alkyl halides is 1. The molecule has 0 radical (unpaired) electrons. The fourth-order valence-electron chi connectivity index (χ4n) is 0.714. The van der Waals surface area contributed by atoms with Gasteiger partial charge in [-0.05, 0) is 20.8 Å². The molecule has 3 atom stereocenters. The van der Waals surface area contributed by atoms with Crippen molar-refractivity contribution in [3.05, 3.63) is 0 Å². The monoisotopic (exact) mass is 242 g/mol. The van der Waals surface area contributed by atoms with Crippen molar-refractivity contribution in [2.45, 2.75) is 30.7 Å². The lowest BCUT2D eigenvalue weighted by Crippen LogP contribution is -3.13. The van der Waals surface area contributed by atoms with Gasteiger partial charge in [0.05, 0.1) is 23.6 Å². The van der Waals surface area contributed by atoms with Crippen LogP contribution in [0.5, 0.6) is 0 Å². The zero-order valence-electron chi connectivity index (χ0n) is 6.74. The van der Waals surface area contributed by atoms with Crippen LogP contribution in [0.3, 0.4) is 0 Å². The van der Waals surface area contributed by atoms with E-state index in [1.165, 1.54) is 6.54 Å². The summed E-state index contributed by atoms with van der Waals surface area (Å²) in [6.07, 6.45) is 0. The third kappa shape index (κ3) is 3.40. The Morgan fingerprint density at radius 2 is 1.89 bits per heavy atom. The van der Waals surface area contributed by atoms with E-state index in [2.05, 4.69) is 50.4 Å². The molecule has 0 aromatic heterocycles. The molecule has 56 valence electrons. The molecule has 0 saturated heterocycles. The van der Waals surface area contributed by atoms with Gasteiger partial charge >= 0.3 is 0 Å². The van der Waals surface area contributed by atoms with Gasteiger partial charge in [0.2, 0.25) is 0 Å². The van der Waals surface area contributed by atoms with E-state index >= 15 is 0 Å². The van der Waals surface area contributed by atoms with Crippen LogP contribution in [0.1, 0.15) is 20.8 Å². The Hall–Kier alpha value is 0.690. The van der Waals surface area contributed by atoms with Gasteiger partial charge < -0.3 is 4.90 Å². The van der Waals surface area contributed by atoms with Crippen molar-refractivity contribution in [3.63, 3.8) is 0 Å². The van der Waals surface area contributed by atoms with Crippen molar-refractivity contribution >= 4 is 22.6 Å². The summed E-state index contributed by atoms with van der Waals surface area (Å²) in [5.74, 6) is 0. The second kappa shape index (κ2) is 4.50. The topological polar surface area (TPSA) is 4.44 Å². The quantitative estimate of drug-likeness (QED) is 0.549. The average molecular weight is 242 g/mol. The lowest BCUT2D eigenvalue weighted by Gasteiger charge is -2.21. The lowest BCUT2D eigenvalue weighted by molar-refractivity contribution is -0.900. The Kier molecular flexibility index (Phi) is 4.84. The minimum Gasteiger partial charge on any atom is -0.335 e. The van der Waals surface area contributed by atoms with E-state index in [4.69, 9.17) is 0 Å². The van der Waals surface area contributed by atoms with Crippen LogP contribution in [0.25, 0.3) is 0 Å². The second-order valence-electron chi connectivity index (χ2n) is 2.67. The number of hydrogen-bond donors (Lipinski definition) is 1. The van der Waals surface area contributed by atoms with E-state index in [9.17, 15) is 0 Å². The van der Waals surface area contributed by atoms with E-state index in [0.717, 1.165) is 9.97 Å². The van der Waals surface area contributed by atoms with Gasteiger partial charge in [-0.15, -0.1) is 0 Å². The Balaban J connectivity index is 3.58. The predicted octanol–water partition coefficient (Wildman–Crippen LogP) is 0.733. The minimum atomic E-state index is 0.780. The molecule has 1 N–H and O–H groups in total. The number of hydrogen-bond acceptors (Lipinski definition) is 0. The SMILES string of the molecule is CC[NH+](C)[C@@H](C)[C@H](C)I. The maximum atomic E-state index is 2.49. The molecule has 0 saturated carbocycles. The number of nitrogens with one attached hydrogen (secondary N) is 1. The maximum Gasteiger partial charge on any atom is 0.0960 e. The fraction of sp³-hybridized carbons (Fsp3) is 1.00. The van der Waals surface area contributed by atoms with Crippen molar-refractivity contribution in [3.8, 4) is 0 Å². The van der Waals surface area contributed by atoms with Crippen molar-refractivity contribution in [2.24, 2.45) is 0 Å². The second-order valence-corrected chi connectivity index (χ2v) is 4.63. The molecular weight excluding hydrogens is 225 g/mol. The standard InChI is InChI=1S/C7H16IN/c1-5-9(4)7(3)6(2)8/h6-7H,5H2,1-4H3/p+1/t6-,7-/m0/s1. The van der Waals surface area contributed by atoms with Gasteiger partial charge in [0, 0.05) is 0 Å². The third-order valence-electron chi connectivity index (χ3n) is 2.02. The Morgan fingerprint density at radius 3 is 2.00 bits per heavy atom. The summed E-state index contributed by atoms with van der Waals surface area (Å²) in [5.41, 5.74) is 0. The first-order valence-corrected chi connectivity index (χ1v) is 4.80. The highest BCUT2D eigenvalue weighted by atomic mass is 127. The summed E-state index contributed by atoms with van der Waals surface area (Å²) in [7, 11) is 2.25. The van der Waals surface area contributed by atoms with Gasteiger partial charge in [0.25, 0.3) is 0 Å². The molecule has 0 fully saturated rings. The first kappa shape index (κ1) is 9.69. The molecule has 0 bridgehead atoms. The molecule has 2 heteroatoms. The summed E-state index contributed by atoms with van der Waals surface area (Å²) in [5, 5.41) is 0. The van der Waals surface area contributed by atoms with Crippen molar-refractivity contribution in [1.29, 1.82) is 0 Å². The molecule has 0 aliphatic carbocycles. The molecule has 9 heavy (non-hydrogen) atoms. The van der Waals surface area contributed by atoms with Crippen molar-refractivity contribution < 1.29 is 4.90 Å². The van der Waals surface area contributed by atoms with Crippen LogP contribution in [0, 0.1) is 0 Å². The highest BCUT2D eigenvalue weighted by Gasteiger charge is 2.15. The lowest BCUT2D eigenvalue weighted by atomic mass is 10.2. The van der Waals surface area contributed by atoms with E-state index in [0.29, 0.717) is 0 Å². The molecule has 0 aromatic rings. The molecule has 1 unspecified atom stereocenters. The van der Waals surface area contributed by atoms with Gasteiger partial charge in [-0.1, -0.05) is 22.6 Å². The van der Waals surface area contributed by atoms with Crippen LogP contribution < -0.4 is 4.90 Å². The highest BCUT2D eigenvalue weighted by Crippen LogP contribution is 2.00. The van der Waals surface area contributed by atoms with Crippen LogP contribution in [0.4, 0.5) is 0 Å². The normalized spacial score (nSPS) is 21.0. The zero-order valence-corrected chi connectivity index (χ0v) is 8.90. The summed E-state index contributed by atoms with van der Waals surface area (Å²) in [4.78, 5) is 1.62. The van der Waals surface area contributed by atoms with Crippen LogP contribution in [0.15, 0.2) is 0 Å². The molecule has 0 aromatic carbocycles. The van der Waals surface area contributed by atoms with E-state index < -0.39 is 0 Å². The Labute approximate surface area is 72.0 Å². The van der Waals surface area contributed by atoms with Crippen molar-refractivity contribution in [1.82, 2.24) is 0 Å². The smallest absolute Gasteiger partial charge is 0.0960 e. The molecule has 0 aliphatic heterocycles. The van der Waals surface area contributed by atoms with Gasteiger partial charge in [0.1, 0.15) is 0 Å². The summed E-state index contributed by atoms with van der Waals surface area (Å²) >= 11 is 2.49. The van der Waals surface area contributed by atoms with Gasteiger partial charge in [-0.3, -0.25) is 0 Å². The zero-order chi connectivity index (χ0) is 7.44. The van der Waals surface area contributed by atoms with Gasteiger partial charge in [0.15, 0.2) is 0 Å². The molecule has 0 heterocycles. The highest BCUT2D eigenvalue weighted by molar-refractivity contribution is 14.1.